The molecule has 1 saturated heterocycles. The molecule has 1 aliphatic rings. The van der Waals surface area contributed by atoms with Gasteiger partial charge in [0, 0.05) is 0 Å². The molecule has 2 aromatic carbocycles. The third kappa shape index (κ3) is 3.63. The molecule has 0 spiro atoms. The first-order valence-electron chi connectivity index (χ1n) is 8.04. The molecule has 0 bridgehead atoms. The predicted octanol–water partition coefficient (Wildman–Crippen LogP) is 3.11. The number of rotatable bonds is 4. The summed E-state index contributed by atoms with van der Waals surface area (Å²) in [5.41, 5.74) is 0.367. The molecule has 1 fully saturated rings. The summed E-state index contributed by atoms with van der Waals surface area (Å²) in [6, 6.07) is 9.83. The van der Waals surface area contributed by atoms with Crippen LogP contribution in [-0.4, -0.2) is 29.6 Å². The number of para-hydroxylation sites is 1. The monoisotopic (exact) mass is 386 g/mol. The number of benzene rings is 2. The first kappa shape index (κ1) is 18.5. The van der Waals surface area contributed by atoms with Gasteiger partial charge in [-0.05, 0) is 42.8 Å². The number of nitrogens with one attached hydrogen (secondary N) is 1. The Bertz CT molecular complexity index is 970. The summed E-state index contributed by atoms with van der Waals surface area (Å²) < 4.78 is 5.30. The Labute approximate surface area is 159 Å². The van der Waals surface area contributed by atoms with E-state index in [0.29, 0.717) is 12.2 Å². The zero-order valence-electron chi connectivity index (χ0n) is 14.2. The van der Waals surface area contributed by atoms with Gasteiger partial charge < -0.3 is 9.84 Å². The van der Waals surface area contributed by atoms with E-state index in [2.05, 4.69) is 5.32 Å². The van der Waals surface area contributed by atoms with E-state index in [1.807, 2.05) is 0 Å². The summed E-state index contributed by atoms with van der Waals surface area (Å²) in [7, 11) is 0. The summed E-state index contributed by atoms with van der Waals surface area (Å²) in [4.78, 5) is 38.0. The smallest absolute Gasteiger partial charge is 0.335 e. The van der Waals surface area contributed by atoms with Crippen molar-refractivity contribution in [3.8, 4) is 11.5 Å². The average molecular weight is 387 g/mol. The van der Waals surface area contributed by atoms with E-state index >= 15 is 0 Å². The summed E-state index contributed by atoms with van der Waals surface area (Å²) in [5.74, 6) is -1.47. The lowest BCUT2D eigenvalue weighted by atomic mass is 10.1. The molecule has 0 unspecified atom stereocenters. The number of hydrogen-bond acceptors (Lipinski definition) is 5. The quantitative estimate of drug-likeness (QED) is 0.621. The van der Waals surface area contributed by atoms with Crippen LogP contribution in [0.15, 0.2) is 48.0 Å². The van der Waals surface area contributed by atoms with E-state index < -0.39 is 17.8 Å². The second-order valence-corrected chi connectivity index (χ2v) is 5.98. The molecule has 0 saturated carbocycles. The normalized spacial score (nSPS) is 15.9. The second kappa shape index (κ2) is 7.51. The lowest BCUT2D eigenvalue weighted by Gasteiger charge is -2.27. The Kier molecular flexibility index (Phi) is 5.14. The molecule has 1 heterocycles. The van der Waals surface area contributed by atoms with E-state index in [1.165, 1.54) is 36.4 Å². The number of ether oxygens (including phenoxy) is 1. The number of carbonyl (C=O) groups is 3. The fourth-order valence-electron chi connectivity index (χ4n) is 2.57. The number of nitrogens with zero attached hydrogens (tertiary/aromatic N) is 1. The minimum atomic E-state index is -0.879. The Morgan fingerprint density at radius 2 is 1.93 bits per heavy atom. The SMILES string of the molecule is CCOc1cc(/C=C2/C(=O)NC(=O)N(c3ccccc3Cl)C2=O)ccc1O. The van der Waals surface area contributed by atoms with Gasteiger partial charge in [-0.1, -0.05) is 29.8 Å². The van der Waals surface area contributed by atoms with Gasteiger partial charge in [-0.15, -0.1) is 0 Å². The highest BCUT2D eigenvalue weighted by Gasteiger charge is 2.37. The van der Waals surface area contributed by atoms with E-state index in [-0.39, 0.29) is 27.8 Å². The third-order valence-corrected chi connectivity index (χ3v) is 4.11. The molecule has 3 rings (SSSR count). The number of barbiturate groups is 1. The summed E-state index contributed by atoms with van der Waals surface area (Å²) in [6.45, 7) is 2.09. The Hall–Kier alpha value is -3.32. The molecule has 138 valence electrons. The van der Waals surface area contributed by atoms with Crippen molar-refractivity contribution in [1.82, 2.24) is 5.32 Å². The van der Waals surface area contributed by atoms with E-state index in [1.54, 1.807) is 19.1 Å². The third-order valence-electron chi connectivity index (χ3n) is 3.79. The molecular weight excluding hydrogens is 372 g/mol. The molecule has 1 aliphatic heterocycles. The molecule has 8 heteroatoms. The van der Waals surface area contributed by atoms with Gasteiger partial charge in [-0.2, -0.15) is 0 Å². The molecular formula is C19H15ClN2O5. The van der Waals surface area contributed by atoms with Gasteiger partial charge in [0.2, 0.25) is 0 Å². The van der Waals surface area contributed by atoms with Crippen molar-refractivity contribution in [1.29, 1.82) is 0 Å². The van der Waals surface area contributed by atoms with Crippen molar-refractivity contribution in [2.75, 3.05) is 11.5 Å². The summed E-state index contributed by atoms with van der Waals surface area (Å²) in [5, 5.41) is 12.1. The minimum Gasteiger partial charge on any atom is -0.504 e. The molecule has 27 heavy (non-hydrogen) atoms. The number of aromatic hydroxyl groups is 1. The van der Waals surface area contributed by atoms with Gasteiger partial charge in [0.1, 0.15) is 5.57 Å². The highest BCUT2D eigenvalue weighted by atomic mass is 35.5. The van der Waals surface area contributed by atoms with Crippen LogP contribution in [-0.2, 0) is 9.59 Å². The number of imide groups is 2. The maximum Gasteiger partial charge on any atom is 0.335 e. The van der Waals surface area contributed by atoms with Crippen molar-refractivity contribution in [2.24, 2.45) is 0 Å². The van der Waals surface area contributed by atoms with Gasteiger partial charge in [0.25, 0.3) is 11.8 Å². The van der Waals surface area contributed by atoms with Gasteiger partial charge >= 0.3 is 6.03 Å². The highest BCUT2D eigenvalue weighted by Crippen LogP contribution is 2.30. The molecule has 0 aromatic heterocycles. The predicted molar refractivity (Wildman–Crippen MR) is 99.7 cm³/mol. The Morgan fingerprint density at radius 1 is 1.19 bits per heavy atom. The molecule has 0 atom stereocenters. The number of carbonyl (C=O) groups excluding carboxylic acids is 3. The first-order chi connectivity index (χ1) is 12.9. The van der Waals surface area contributed by atoms with Crippen LogP contribution in [0.1, 0.15) is 12.5 Å². The molecule has 4 amide bonds. The zero-order chi connectivity index (χ0) is 19.6. The van der Waals surface area contributed by atoms with Crippen molar-refractivity contribution in [3.05, 3.63) is 58.6 Å². The molecule has 0 aliphatic carbocycles. The van der Waals surface area contributed by atoms with E-state index in [9.17, 15) is 19.5 Å². The molecule has 7 nitrogen and oxygen atoms in total. The largest absolute Gasteiger partial charge is 0.504 e. The number of phenolic OH excluding ortho intramolecular Hbond substituents is 1. The van der Waals surface area contributed by atoms with Crippen LogP contribution < -0.4 is 15.0 Å². The number of phenols is 1. The van der Waals surface area contributed by atoms with E-state index in [0.717, 1.165) is 4.90 Å². The van der Waals surface area contributed by atoms with Crippen molar-refractivity contribution in [3.63, 3.8) is 0 Å². The maximum absolute atomic E-state index is 12.8. The minimum absolute atomic E-state index is 0.0636. The lowest BCUT2D eigenvalue weighted by molar-refractivity contribution is -0.122. The van der Waals surface area contributed by atoms with Crippen molar-refractivity contribution >= 4 is 41.2 Å². The number of halogens is 1. The van der Waals surface area contributed by atoms with Crippen molar-refractivity contribution in [2.45, 2.75) is 6.92 Å². The molecule has 2 aromatic rings. The number of urea groups is 1. The van der Waals surface area contributed by atoms with Crippen LogP contribution in [0.3, 0.4) is 0 Å². The van der Waals surface area contributed by atoms with Crippen LogP contribution in [0.2, 0.25) is 5.02 Å². The van der Waals surface area contributed by atoms with Gasteiger partial charge in [-0.25, -0.2) is 9.69 Å². The van der Waals surface area contributed by atoms with E-state index in [4.69, 9.17) is 16.3 Å². The Balaban J connectivity index is 2.02. The number of amides is 4. The van der Waals surface area contributed by atoms with Gasteiger partial charge in [-0.3, -0.25) is 14.9 Å². The first-order valence-corrected chi connectivity index (χ1v) is 8.42. The van der Waals surface area contributed by atoms with Crippen LogP contribution >= 0.6 is 11.6 Å². The average Bonchev–Trinajstić information content (AvgIpc) is 2.63. The highest BCUT2D eigenvalue weighted by molar-refractivity contribution is 6.42. The lowest BCUT2D eigenvalue weighted by Crippen LogP contribution is -2.54. The fourth-order valence-corrected chi connectivity index (χ4v) is 2.79. The topological polar surface area (TPSA) is 95.9 Å². The Morgan fingerprint density at radius 3 is 2.63 bits per heavy atom. The van der Waals surface area contributed by atoms with Crippen LogP contribution in [0.25, 0.3) is 6.08 Å². The maximum atomic E-state index is 12.8. The van der Waals surface area contributed by atoms with Crippen LogP contribution in [0, 0.1) is 0 Å². The number of hydrogen-bond donors (Lipinski definition) is 2. The summed E-state index contributed by atoms with van der Waals surface area (Å²) >= 11 is 6.08. The fraction of sp³-hybridized carbons (Fsp3) is 0.105. The number of anilines is 1. The van der Waals surface area contributed by atoms with Gasteiger partial charge in [0.15, 0.2) is 11.5 Å². The standard InChI is InChI=1S/C19H15ClN2O5/c1-2-27-16-10-11(7-8-15(16)23)9-12-17(24)21-19(26)22(18(12)25)14-6-4-3-5-13(14)20/h3-10,23H,2H2,1H3,(H,21,24,26)/b12-9-. The zero-order valence-corrected chi connectivity index (χ0v) is 15.0. The van der Waals surface area contributed by atoms with Crippen molar-refractivity contribution < 1.29 is 24.2 Å². The summed E-state index contributed by atoms with van der Waals surface area (Å²) in [6.07, 6.45) is 1.32. The van der Waals surface area contributed by atoms with Gasteiger partial charge in [0.05, 0.1) is 17.3 Å². The second-order valence-electron chi connectivity index (χ2n) is 5.57. The molecule has 2 N–H and O–H groups in total. The van der Waals surface area contributed by atoms with Crippen LogP contribution in [0.5, 0.6) is 11.5 Å². The van der Waals surface area contributed by atoms with Crippen LogP contribution in [0.4, 0.5) is 10.5 Å². The molecule has 0 radical (unpaired) electrons.